The van der Waals surface area contributed by atoms with Gasteiger partial charge in [-0.25, -0.2) is 4.98 Å². The number of fused-ring (bicyclic) bond motifs is 1. The number of rotatable bonds is 3. The molecule has 0 aliphatic heterocycles. The maximum atomic E-state index is 11.9. The van der Waals surface area contributed by atoms with Crippen molar-refractivity contribution >= 4 is 17.0 Å². The van der Waals surface area contributed by atoms with Crippen LogP contribution in [-0.2, 0) is 0 Å². The van der Waals surface area contributed by atoms with Gasteiger partial charge in [0.2, 0.25) is 5.89 Å². The Morgan fingerprint density at radius 2 is 2.10 bits per heavy atom. The number of amides is 1. The second kappa shape index (κ2) is 5.47. The summed E-state index contributed by atoms with van der Waals surface area (Å²) in [6.45, 7) is 0.192. The predicted octanol–water partition coefficient (Wildman–Crippen LogP) is 2.25. The van der Waals surface area contributed by atoms with Crippen LogP contribution in [0.1, 0.15) is 10.4 Å². The fourth-order valence-corrected chi connectivity index (χ4v) is 1.92. The van der Waals surface area contributed by atoms with Crippen LogP contribution in [0, 0.1) is 12.3 Å². The highest BCUT2D eigenvalue weighted by Crippen LogP contribution is 2.24. The van der Waals surface area contributed by atoms with Gasteiger partial charge in [-0.05, 0) is 30.3 Å². The minimum atomic E-state index is -0.233. The number of carbonyl (C=O) groups is 1. The van der Waals surface area contributed by atoms with Gasteiger partial charge in [-0.3, -0.25) is 9.78 Å². The van der Waals surface area contributed by atoms with Crippen LogP contribution < -0.4 is 5.32 Å². The summed E-state index contributed by atoms with van der Waals surface area (Å²) < 4.78 is 5.67. The molecule has 0 saturated carbocycles. The summed E-state index contributed by atoms with van der Waals surface area (Å²) >= 11 is 0. The molecule has 0 fully saturated rings. The summed E-state index contributed by atoms with van der Waals surface area (Å²) in [5, 5.41) is 2.61. The van der Waals surface area contributed by atoms with E-state index in [2.05, 4.69) is 21.2 Å². The van der Waals surface area contributed by atoms with Crippen molar-refractivity contribution in [1.82, 2.24) is 15.3 Å². The van der Waals surface area contributed by atoms with Gasteiger partial charge in [0.1, 0.15) is 5.52 Å². The zero-order chi connectivity index (χ0) is 14.7. The molecule has 5 nitrogen and oxygen atoms in total. The van der Waals surface area contributed by atoms with Crippen molar-refractivity contribution < 1.29 is 9.21 Å². The lowest BCUT2D eigenvalue weighted by molar-refractivity contribution is 0.0959. The molecular formula is C16H11N3O2. The smallest absolute Gasteiger partial charge is 0.252 e. The lowest BCUT2D eigenvalue weighted by Crippen LogP contribution is -2.23. The monoisotopic (exact) mass is 277 g/mol. The number of carbonyl (C=O) groups excluding carboxylic acids is 1. The third kappa shape index (κ3) is 2.60. The minimum Gasteiger partial charge on any atom is -0.436 e. The van der Waals surface area contributed by atoms with Crippen molar-refractivity contribution in [2.45, 2.75) is 0 Å². The molecule has 2 heterocycles. The van der Waals surface area contributed by atoms with Crippen LogP contribution in [0.5, 0.6) is 0 Å². The zero-order valence-electron chi connectivity index (χ0n) is 11.0. The number of nitrogens with one attached hydrogen (secondary N) is 1. The molecule has 0 radical (unpaired) electrons. The molecule has 1 aromatic carbocycles. The Hall–Kier alpha value is -3.13. The molecule has 102 valence electrons. The maximum Gasteiger partial charge on any atom is 0.252 e. The number of pyridine rings is 1. The Bertz CT molecular complexity index is 832. The SMILES string of the molecule is C#CCNC(=O)c1ccc2oc(-c3ccncc3)nc2c1. The predicted molar refractivity (Wildman–Crippen MR) is 78.4 cm³/mol. The van der Waals surface area contributed by atoms with Gasteiger partial charge in [0.15, 0.2) is 5.58 Å². The summed E-state index contributed by atoms with van der Waals surface area (Å²) in [5.41, 5.74) is 2.57. The Kier molecular flexibility index (Phi) is 3.36. The van der Waals surface area contributed by atoms with Crippen LogP contribution in [-0.4, -0.2) is 22.4 Å². The largest absolute Gasteiger partial charge is 0.436 e. The number of hydrogen-bond acceptors (Lipinski definition) is 4. The van der Waals surface area contributed by atoms with Crippen molar-refractivity contribution in [3.63, 3.8) is 0 Å². The molecule has 1 N–H and O–H groups in total. The van der Waals surface area contributed by atoms with E-state index in [-0.39, 0.29) is 12.5 Å². The summed E-state index contributed by atoms with van der Waals surface area (Å²) in [7, 11) is 0. The van der Waals surface area contributed by atoms with E-state index in [0.29, 0.717) is 22.6 Å². The molecule has 0 aliphatic rings. The third-order valence-corrected chi connectivity index (χ3v) is 2.93. The maximum absolute atomic E-state index is 11.9. The van der Waals surface area contributed by atoms with Crippen molar-refractivity contribution in [2.24, 2.45) is 0 Å². The normalized spacial score (nSPS) is 10.2. The van der Waals surface area contributed by atoms with Crippen LogP contribution in [0.25, 0.3) is 22.6 Å². The van der Waals surface area contributed by atoms with Gasteiger partial charge in [0, 0.05) is 23.5 Å². The van der Waals surface area contributed by atoms with Gasteiger partial charge in [-0.1, -0.05) is 5.92 Å². The van der Waals surface area contributed by atoms with Crippen molar-refractivity contribution in [2.75, 3.05) is 6.54 Å². The number of benzene rings is 1. The van der Waals surface area contributed by atoms with E-state index < -0.39 is 0 Å². The van der Waals surface area contributed by atoms with Crippen LogP contribution in [0.2, 0.25) is 0 Å². The van der Waals surface area contributed by atoms with Crippen LogP contribution in [0.4, 0.5) is 0 Å². The molecule has 0 saturated heterocycles. The van der Waals surface area contributed by atoms with Crippen LogP contribution in [0.3, 0.4) is 0 Å². The molecule has 0 aliphatic carbocycles. The molecule has 0 bridgehead atoms. The van der Waals surface area contributed by atoms with Gasteiger partial charge in [-0.15, -0.1) is 6.42 Å². The van der Waals surface area contributed by atoms with Crippen molar-refractivity contribution in [1.29, 1.82) is 0 Å². The average molecular weight is 277 g/mol. The number of terminal acetylenes is 1. The molecule has 2 aromatic heterocycles. The highest BCUT2D eigenvalue weighted by molar-refractivity contribution is 5.97. The molecular weight excluding hydrogens is 266 g/mol. The summed E-state index contributed by atoms with van der Waals surface area (Å²) in [6.07, 6.45) is 8.46. The summed E-state index contributed by atoms with van der Waals surface area (Å²) in [6, 6.07) is 8.69. The van der Waals surface area contributed by atoms with E-state index in [9.17, 15) is 4.79 Å². The van der Waals surface area contributed by atoms with Crippen LogP contribution in [0.15, 0.2) is 47.1 Å². The van der Waals surface area contributed by atoms with E-state index in [4.69, 9.17) is 10.8 Å². The standard InChI is InChI=1S/C16H11N3O2/c1-2-7-18-15(20)12-3-4-14-13(10-12)19-16(21-14)11-5-8-17-9-6-11/h1,3-6,8-10H,7H2,(H,18,20). The van der Waals surface area contributed by atoms with Crippen molar-refractivity contribution in [3.05, 3.63) is 48.3 Å². The minimum absolute atomic E-state index is 0.192. The zero-order valence-corrected chi connectivity index (χ0v) is 11.0. The lowest BCUT2D eigenvalue weighted by Gasteiger charge is -2.00. The molecule has 21 heavy (non-hydrogen) atoms. The molecule has 0 spiro atoms. The van der Waals surface area contributed by atoms with Gasteiger partial charge < -0.3 is 9.73 Å². The van der Waals surface area contributed by atoms with Gasteiger partial charge in [0.05, 0.1) is 6.54 Å². The fourth-order valence-electron chi connectivity index (χ4n) is 1.92. The topological polar surface area (TPSA) is 68.0 Å². The fraction of sp³-hybridized carbons (Fsp3) is 0.0625. The molecule has 1 amide bonds. The Morgan fingerprint density at radius 1 is 1.29 bits per heavy atom. The van der Waals surface area contributed by atoms with E-state index in [0.717, 1.165) is 5.56 Å². The lowest BCUT2D eigenvalue weighted by atomic mass is 10.2. The number of oxazole rings is 1. The summed E-state index contributed by atoms with van der Waals surface area (Å²) in [4.78, 5) is 20.2. The second-order valence-electron chi connectivity index (χ2n) is 4.32. The molecule has 0 unspecified atom stereocenters. The van der Waals surface area contributed by atoms with E-state index >= 15 is 0 Å². The first-order valence-electron chi connectivity index (χ1n) is 6.30. The Balaban J connectivity index is 1.96. The van der Waals surface area contributed by atoms with Gasteiger partial charge in [-0.2, -0.15) is 0 Å². The van der Waals surface area contributed by atoms with E-state index in [1.54, 1.807) is 30.6 Å². The number of aromatic nitrogens is 2. The van der Waals surface area contributed by atoms with E-state index in [1.165, 1.54) is 0 Å². The first-order chi connectivity index (χ1) is 10.3. The molecule has 3 rings (SSSR count). The van der Waals surface area contributed by atoms with Crippen LogP contribution >= 0.6 is 0 Å². The van der Waals surface area contributed by atoms with Gasteiger partial charge in [0.25, 0.3) is 5.91 Å². The number of nitrogens with zero attached hydrogens (tertiary/aromatic N) is 2. The average Bonchev–Trinajstić information content (AvgIpc) is 2.96. The first-order valence-corrected chi connectivity index (χ1v) is 6.30. The molecule has 0 atom stereocenters. The highest BCUT2D eigenvalue weighted by atomic mass is 16.3. The van der Waals surface area contributed by atoms with E-state index in [1.807, 2.05) is 12.1 Å². The molecule has 5 heteroatoms. The summed E-state index contributed by atoms with van der Waals surface area (Å²) in [5.74, 6) is 2.62. The van der Waals surface area contributed by atoms with Gasteiger partial charge >= 0.3 is 0 Å². The highest BCUT2D eigenvalue weighted by Gasteiger charge is 2.11. The first kappa shape index (κ1) is 12.9. The Morgan fingerprint density at radius 3 is 2.86 bits per heavy atom. The van der Waals surface area contributed by atoms with Crippen molar-refractivity contribution in [3.8, 4) is 23.8 Å². The molecule has 3 aromatic rings. The number of hydrogen-bond donors (Lipinski definition) is 1. The Labute approximate surface area is 121 Å². The quantitative estimate of drug-likeness (QED) is 0.746. The third-order valence-electron chi connectivity index (χ3n) is 2.93. The second-order valence-corrected chi connectivity index (χ2v) is 4.32.